The lowest BCUT2D eigenvalue weighted by molar-refractivity contribution is -0.129. The van der Waals surface area contributed by atoms with Crippen LogP contribution in [0.2, 0.25) is 0 Å². The number of carbonyl (C=O) groups excluding carboxylic acids is 1. The largest absolute Gasteiger partial charge is 0.357 e. The molecule has 2 N–H and O–H groups in total. The van der Waals surface area contributed by atoms with E-state index in [0.717, 1.165) is 36.5 Å². The Morgan fingerprint density at radius 1 is 1.42 bits per heavy atom. The second-order valence-electron chi connectivity index (χ2n) is 6.09. The summed E-state index contributed by atoms with van der Waals surface area (Å²) in [6.45, 7) is 9.11. The molecule has 0 spiro atoms. The van der Waals surface area contributed by atoms with Gasteiger partial charge >= 0.3 is 0 Å². The van der Waals surface area contributed by atoms with Crippen LogP contribution < -0.4 is 10.6 Å². The van der Waals surface area contributed by atoms with Gasteiger partial charge in [0.15, 0.2) is 5.96 Å². The summed E-state index contributed by atoms with van der Waals surface area (Å²) in [6, 6.07) is 6.52. The average Bonchev–Trinajstić information content (AvgIpc) is 3.02. The van der Waals surface area contributed by atoms with Crippen molar-refractivity contribution in [2.75, 3.05) is 19.6 Å². The monoisotopic (exact) mass is 394 g/mol. The third-order valence-corrected chi connectivity index (χ3v) is 4.73. The van der Waals surface area contributed by atoms with E-state index in [4.69, 9.17) is 4.99 Å². The molecule has 1 unspecified atom stereocenters. The average molecular weight is 395 g/mol. The lowest BCUT2D eigenvalue weighted by Crippen LogP contribution is -2.45. The Kier molecular flexibility index (Phi) is 7.09. The van der Waals surface area contributed by atoms with Crippen molar-refractivity contribution in [3.63, 3.8) is 0 Å². The molecule has 1 atom stereocenters. The topological polar surface area (TPSA) is 56.7 Å². The zero-order chi connectivity index (χ0) is 17.5. The molecule has 1 aromatic rings. The fourth-order valence-corrected chi connectivity index (χ4v) is 3.32. The minimum absolute atomic E-state index is 0.228. The predicted octanol–water partition coefficient (Wildman–Crippen LogP) is 2.82. The van der Waals surface area contributed by atoms with Crippen molar-refractivity contribution < 1.29 is 4.79 Å². The Morgan fingerprint density at radius 3 is 2.88 bits per heavy atom. The summed E-state index contributed by atoms with van der Waals surface area (Å²) < 4.78 is 1.09. The number of guanidine groups is 1. The van der Waals surface area contributed by atoms with Gasteiger partial charge < -0.3 is 15.5 Å². The van der Waals surface area contributed by atoms with Crippen molar-refractivity contribution in [2.45, 2.75) is 46.2 Å². The van der Waals surface area contributed by atoms with Crippen molar-refractivity contribution in [3.8, 4) is 0 Å². The van der Waals surface area contributed by atoms with Crippen LogP contribution in [0.25, 0.3) is 0 Å². The van der Waals surface area contributed by atoms with E-state index in [1.54, 1.807) is 0 Å². The van der Waals surface area contributed by atoms with E-state index in [0.29, 0.717) is 13.0 Å². The van der Waals surface area contributed by atoms with Crippen molar-refractivity contribution in [1.82, 2.24) is 15.5 Å². The molecule has 0 aromatic heterocycles. The van der Waals surface area contributed by atoms with Crippen LogP contribution in [0.5, 0.6) is 0 Å². The molecule has 1 heterocycles. The van der Waals surface area contributed by atoms with E-state index in [9.17, 15) is 4.79 Å². The maximum absolute atomic E-state index is 11.8. The summed E-state index contributed by atoms with van der Waals surface area (Å²) in [5.41, 5.74) is 2.44. The molecule has 1 aromatic carbocycles. The molecule has 0 aliphatic carbocycles. The number of rotatable bonds is 5. The maximum atomic E-state index is 11.8. The fourth-order valence-electron chi connectivity index (χ4n) is 2.84. The second kappa shape index (κ2) is 9.06. The number of benzene rings is 1. The number of hydrogen-bond donors (Lipinski definition) is 2. The van der Waals surface area contributed by atoms with Gasteiger partial charge in [0.2, 0.25) is 5.91 Å². The Hall–Kier alpha value is -1.56. The second-order valence-corrected chi connectivity index (χ2v) is 7.00. The number of nitrogens with zero attached hydrogens (tertiary/aromatic N) is 2. The lowest BCUT2D eigenvalue weighted by Gasteiger charge is -2.18. The number of amides is 1. The molecular formula is C18H27BrN4O. The summed E-state index contributed by atoms with van der Waals surface area (Å²) in [5.74, 6) is 1.04. The SMILES string of the molecule is CCNC(=NCc1ccc(Br)cc1C)NC1CCN(C(=O)CC)C1. The summed E-state index contributed by atoms with van der Waals surface area (Å²) in [5, 5.41) is 6.76. The summed E-state index contributed by atoms with van der Waals surface area (Å²) in [6.07, 6.45) is 1.54. The third kappa shape index (κ3) is 5.23. The smallest absolute Gasteiger partial charge is 0.222 e. The molecule has 1 fully saturated rings. The first-order chi connectivity index (χ1) is 11.5. The summed E-state index contributed by atoms with van der Waals surface area (Å²) in [4.78, 5) is 18.4. The highest BCUT2D eigenvalue weighted by Crippen LogP contribution is 2.16. The Morgan fingerprint density at radius 2 is 2.21 bits per heavy atom. The highest BCUT2D eigenvalue weighted by atomic mass is 79.9. The van der Waals surface area contributed by atoms with Crippen LogP contribution >= 0.6 is 15.9 Å². The normalized spacial score (nSPS) is 17.9. The molecule has 1 amide bonds. The first-order valence-corrected chi connectivity index (χ1v) is 9.40. The van der Waals surface area contributed by atoms with E-state index in [2.05, 4.69) is 52.5 Å². The van der Waals surface area contributed by atoms with Gasteiger partial charge in [-0.15, -0.1) is 0 Å². The van der Waals surface area contributed by atoms with Gasteiger partial charge in [-0.05, 0) is 43.5 Å². The molecule has 5 nitrogen and oxygen atoms in total. The number of halogens is 1. The number of hydrogen-bond acceptors (Lipinski definition) is 2. The third-order valence-electron chi connectivity index (χ3n) is 4.24. The van der Waals surface area contributed by atoms with Crippen LogP contribution in [-0.2, 0) is 11.3 Å². The first kappa shape index (κ1) is 18.8. The number of likely N-dealkylation sites (tertiary alicyclic amines) is 1. The van der Waals surface area contributed by atoms with E-state index in [1.807, 2.05) is 17.9 Å². The maximum Gasteiger partial charge on any atom is 0.222 e. The molecule has 1 aliphatic heterocycles. The van der Waals surface area contributed by atoms with Crippen LogP contribution in [0.1, 0.15) is 37.8 Å². The Labute approximate surface area is 153 Å². The van der Waals surface area contributed by atoms with E-state index in [-0.39, 0.29) is 11.9 Å². The van der Waals surface area contributed by atoms with E-state index >= 15 is 0 Å². The van der Waals surface area contributed by atoms with Crippen LogP contribution in [0.15, 0.2) is 27.7 Å². The lowest BCUT2D eigenvalue weighted by atomic mass is 10.1. The van der Waals surface area contributed by atoms with Gasteiger partial charge in [-0.3, -0.25) is 4.79 Å². The van der Waals surface area contributed by atoms with Gasteiger partial charge in [0.25, 0.3) is 0 Å². The van der Waals surface area contributed by atoms with Gasteiger partial charge in [-0.2, -0.15) is 0 Å². The molecular weight excluding hydrogens is 368 g/mol. The van der Waals surface area contributed by atoms with Crippen LogP contribution in [0.3, 0.4) is 0 Å². The molecule has 0 saturated carbocycles. The van der Waals surface area contributed by atoms with Crippen molar-refractivity contribution in [2.24, 2.45) is 4.99 Å². The van der Waals surface area contributed by atoms with Gasteiger partial charge in [-0.1, -0.05) is 28.9 Å². The highest BCUT2D eigenvalue weighted by molar-refractivity contribution is 9.10. The molecule has 132 valence electrons. The number of nitrogens with one attached hydrogen (secondary N) is 2. The minimum Gasteiger partial charge on any atom is -0.357 e. The van der Waals surface area contributed by atoms with Gasteiger partial charge in [0, 0.05) is 36.6 Å². The zero-order valence-electron chi connectivity index (χ0n) is 14.7. The Balaban J connectivity index is 1.97. The Bertz CT molecular complexity index is 603. The molecule has 0 bridgehead atoms. The van der Waals surface area contributed by atoms with Crippen molar-refractivity contribution in [3.05, 3.63) is 33.8 Å². The number of carbonyl (C=O) groups is 1. The van der Waals surface area contributed by atoms with E-state index < -0.39 is 0 Å². The van der Waals surface area contributed by atoms with Gasteiger partial charge in [-0.25, -0.2) is 4.99 Å². The highest BCUT2D eigenvalue weighted by Gasteiger charge is 2.25. The molecule has 6 heteroatoms. The summed E-state index contributed by atoms with van der Waals surface area (Å²) in [7, 11) is 0. The summed E-state index contributed by atoms with van der Waals surface area (Å²) >= 11 is 3.49. The quantitative estimate of drug-likeness (QED) is 0.596. The van der Waals surface area contributed by atoms with Crippen molar-refractivity contribution in [1.29, 1.82) is 0 Å². The first-order valence-electron chi connectivity index (χ1n) is 8.61. The van der Waals surface area contributed by atoms with Gasteiger partial charge in [0.05, 0.1) is 6.54 Å². The zero-order valence-corrected chi connectivity index (χ0v) is 16.3. The standard InChI is InChI=1S/C18H27BrN4O/c1-4-17(24)23-9-8-16(12-23)22-18(20-5-2)21-11-14-6-7-15(19)10-13(14)3/h6-7,10,16H,4-5,8-9,11-12H2,1-3H3,(H2,20,21,22). The molecule has 1 aliphatic rings. The van der Waals surface area contributed by atoms with Gasteiger partial charge in [0.1, 0.15) is 0 Å². The molecule has 2 rings (SSSR count). The fraction of sp³-hybridized carbons (Fsp3) is 0.556. The predicted molar refractivity (Wildman–Crippen MR) is 102 cm³/mol. The number of aliphatic imine (C=N–C) groups is 1. The molecule has 24 heavy (non-hydrogen) atoms. The molecule has 0 radical (unpaired) electrons. The van der Waals surface area contributed by atoms with Crippen molar-refractivity contribution >= 4 is 27.8 Å². The van der Waals surface area contributed by atoms with Crippen LogP contribution in [-0.4, -0.2) is 42.4 Å². The van der Waals surface area contributed by atoms with E-state index in [1.165, 1.54) is 11.1 Å². The van der Waals surface area contributed by atoms with Crippen LogP contribution in [0.4, 0.5) is 0 Å². The molecule has 1 saturated heterocycles. The minimum atomic E-state index is 0.228. The number of aryl methyl sites for hydroxylation is 1. The van der Waals surface area contributed by atoms with Crippen LogP contribution in [0, 0.1) is 6.92 Å².